The number of aliphatic hydroxyl groups excluding tert-OH is 1. The summed E-state index contributed by atoms with van der Waals surface area (Å²) in [5, 5.41) is 9.39. The number of piperidine rings is 1. The van der Waals surface area contributed by atoms with Gasteiger partial charge in [-0.05, 0) is 38.5 Å². The number of nitrogens with zero attached hydrogens (tertiary/aromatic N) is 1. The molecule has 2 rings (SSSR count). The van der Waals surface area contributed by atoms with Gasteiger partial charge in [-0.2, -0.15) is 0 Å². The maximum Gasteiger partial charge on any atom is 0.222 e. The summed E-state index contributed by atoms with van der Waals surface area (Å²) in [6, 6.07) is 0.422. The monoisotopic (exact) mass is 197 g/mol. The lowest BCUT2D eigenvalue weighted by molar-refractivity contribution is -0.137. The van der Waals surface area contributed by atoms with Crippen molar-refractivity contribution >= 4 is 5.91 Å². The number of carbonyl (C=O) groups is 1. The molecule has 14 heavy (non-hydrogen) atoms. The Kier molecular flexibility index (Phi) is 3.06. The van der Waals surface area contributed by atoms with Crippen molar-refractivity contribution in [3.63, 3.8) is 0 Å². The Bertz CT molecular complexity index is 209. The molecule has 3 heteroatoms. The Balaban J connectivity index is 1.90. The van der Waals surface area contributed by atoms with Crippen LogP contribution in [0.3, 0.4) is 0 Å². The molecule has 1 aliphatic heterocycles. The van der Waals surface area contributed by atoms with Gasteiger partial charge in [0.2, 0.25) is 5.91 Å². The van der Waals surface area contributed by atoms with Crippen LogP contribution >= 0.6 is 0 Å². The largest absolute Gasteiger partial charge is 0.393 e. The zero-order chi connectivity index (χ0) is 9.97. The van der Waals surface area contributed by atoms with Crippen molar-refractivity contribution in [2.45, 2.75) is 57.1 Å². The molecule has 1 amide bonds. The van der Waals surface area contributed by atoms with Crippen molar-refractivity contribution < 1.29 is 9.90 Å². The molecule has 1 saturated heterocycles. The van der Waals surface area contributed by atoms with Crippen molar-refractivity contribution in [1.29, 1.82) is 0 Å². The van der Waals surface area contributed by atoms with Crippen LogP contribution in [0.5, 0.6) is 0 Å². The molecule has 1 saturated carbocycles. The van der Waals surface area contributed by atoms with Gasteiger partial charge >= 0.3 is 0 Å². The molecule has 1 aliphatic carbocycles. The van der Waals surface area contributed by atoms with Crippen LogP contribution in [0.15, 0.2) is 0 Å². The Morgan fingerprint density at radius 3 is 2.50 bits per heavy atom. The van der Waals surface area contributed by atoms with Gasteiger partial charge in [0.15, 0.2) is 0 Å². The van der Waals surface area contributed by atoms with Crippen LogP contribution in [0.25, 0.3) is 0 Å². The topological polar surface area (TPSA) is 40.5 Å². The highest BCUT2D eigenvalue weighted by Crippen LogP contribution is 2.25. The van der Waals surface area contributed by atoms with Gasteiger partial charge in [-0.25, -0.2) is 0 Å². The predicted octanol–water partition coefficient (Wildman–Crippen LogP) is 1.30. The average Bonchev–Trinajstić information content (AvgIpc) is 2.20. The molecule has 3 nitrogen and oxygen atoms in total. The first-order valence-electron chi connectivity index (χ1n) is 5.75. The van der Waals surface area contributed by atoms with E-state index in [0.29, 0.717) is 11.9 Å². The van der Waals surface area contributed by atoms with Crippen LogP contribution in [-0.4, -0.2) is 34.6 Å². The summed E-state index contributed by atoms with van der Waals surface area (Å²) in [5.41, 5.74) is 0. The minimum atomic E-state index is -0.119. The first kappa shape index (κ1) is 9.97. The van der Waals surface area contributed by atoms with E-state index in [2.05, 4.69) is 4.90 Å². The second-order valence-electron chi connectivity index (χ2n) is 4.51. The normalized spacial score (nSPS) is 34.6. The molecule has 80 valence electrons. The van der Waals surface area contributed by atoms with E-state index in [-0.39, 0.29) is 6.10 Å². The summed E-state index contributed by atoms with van der Waals surface area (Å²) >= 11 is 0. The van der Waals surface area contributed by atoms with Crippen molar-refractivity contribution in [2.75, 3.05) is 6.54 Å². The Labute approximate surface area is 85.1 Å². The molecule has 0 spiro atoms. The number of rotatable bonds is 1. The highest BCUT2D eigenvalue weighted by atomic mass is 16.3. The number of likely N-dealkylation sites (tertiary alicyclic amines) is 1. The lowest BCUT2D eigenvalue weighted by Crippen LogP contribution is -2.45. The first-order chi connectivity index (χ1) is 6.77. The van der Waals surface area contributed by atoms with Gasteiger partial charge in [-0.15, -0.1) is 0 Å². The first-order valence-corrected chi connectivity index (χ1v) is 5.75. The van der Waals surface area contributed by atoms with E-state index in [1.165, 1.54) is 0 Å². The van der Waals surface area contributed by atoms with E-state index in [9.17, 15) is 9.90 Å². The van der Waals surface area contributed by atoms with E-state index in [4.69, 9.17) is 0 Å². The summed E-state index contributed by atoms with van der Waals surface area (Å²) in [7, 11) is 0. The van der Waals surface area contributed by atoms with Gasteiger partial charge in [-0.3, -0.25) is 4.79 Å². The number of hydrogen-bond acceptors (Lipinski definition) is 2. The minimum absolute atomic E-state index is 0.119. The quantitative estimate of drug-likeness (QED) is 0.688. The third-order valence-electron chi connectivity index (χ3n) is 3.47. The molecule has 0 aromatic rings. The smallest absolute Gasteiger partial charge is 0.222 e. The van der Waals surface area contributed by atoms with Gasteiger partial charge in [-0.1, -0.05) is 0 Å². The maximum absolute atomic E-state index is 11.6. The Morgan fingerprint density at radius 1 is 1.14 bits per heavy atom. The van der Waals surface area contributed by atoms with Gasteiger partial charge in [0, 0.05) is 19.0 Å². The highest BCUT2D eigenvalue weighted by molar-refractivity contribution is 5.77. The number of carbonyl (C=O) groups excluding carboxylic acids is 1. The zero-order valence-electron chi connectivity index (χ0n) is 8.61. The van der Waals surface area contributed by atoms with Crippen molar-refractivity contribution in [2.24, 2.45) is 0 Å². The van der Waals surface area contributed by atoms with Crippen LogP contribution in [0.4, 0.5) is 0 Å². The fraction of sp³-hybridized carbons (Fsp3) is 0.909. The van der Waals surface area contributed by atoms with Crippen LogP contribution in [0.2, 0.25) is 0 Å². The van der Waals surface area contributed by atoms with E-state index >= 15 is 0 Å². The van der Waals surface area contributed by atoms with E-state index in [0.717, 1.165) is 51.5 Å². The van der Waals surface area contributed by atoms with E-state index in [1.807, 2.05) is 0 Å². The molecule has 1 heterocycles. The molecular weight excluding hydrogens is 178 g/mol. The Morgan fingerprint density at radius 2 is 1.86 bits per heavy atom. The zero-order valence-corrected chi connectivity index (χ0v) is 8.61. The minimum Gasteiger partial charge on any atom is -0.393 e. The van der Waals surface area contributed by atoms with Gasteiger partial charge < -0.3 is 10.0 Å². The standard InChI is InChI=1S/C11H19NO2/c13-10-6-4-9(5-7-10)12-8-2-1-3-11(12)14/h9-10,13H,1-8H2/t9-,10-. The SMILES string of the molecule is O=C1CCCCN1[C@H]1CC[C@H](O)CC1. The third kappa shape index (κ3) is 2.08. The summed E-state index contributed by atoms with van der Waals surface area (Å²) in [4.78, 5) is 13.7. The van der Waals surface area contributed by atoms with Gasteiger partial charge in [0.05, 0.1) is 6.10 Å². The maximum atomic E-state index is 11.6. The molecule has 0 aromatic carbocycles. The highest BCUT2D eigenvalue weighted by Gasteiger charge is 2.29. The van der Waals surface area contributed by atoms with Crippen LogP contribution in [0, 0.1) is 0 Å². The molecule has 0 bridgehead atoms. The van der Waals surface area contributed by atoms with E-state index < -0.39 is 0 Å². The summed E-state index contributed by atoms with van der Waals surface area (Å²) in [6.07, 6.45) is 6.56. The van der Waals surface area contributed by atoms with Gasteiger partial charge in [0.1, 0.15) is 0 Å². The van der Waals surface area contributed by atoms with Crippen molar-refractivity contribution in [1.82, 2.24) is 4.90 Å². The molecule has 2 aliphatic rings. The predicted molar refractivity (Wildman–Crippen MR) is 53.8 cm³/mol. The van der Waals surface area contributed by atoms with Gasteiger partial charge in [0.25, 0.3) is 0 Å². The summed E-state index contributed by atoms with van der Waals surface area (Å²) in [6.45, 7) is 0.944. The Hall–Kier alpha value is -0.570. The van der Waals surface area contributed by atoms with Crippen molar-refractivity contribution in [3.05, 3.63) is 0 Å². The molecule has 0 unspecified atom stereocenters. The lowest BCUT2D eigenvalue weighted by atomic mass is 9.91. The number of aliphatic hydroxyl groups is 1. The van der Waals surface area contributed by atoms with Crippen LogP contribution < -0.4 is 0 Å². The third-order valence-corrected chi connectivity index (χ3v) is 3.47. The second kappa shape index (κ2) is 4.30. The molecule has 0 aromatic heterocycles. The molecule has 2 fully saturated rings. The number of hydrogen-bond donors (Lipinski definition) is 1. The lowest BCUT2D eigenvalue weighted by Gasteiger charge is -2.37. The summed E-state index contributed by atoms with van der Waals surface area (Å²) in [5.74, 6) is 0.331. The molecule has 1 N–H and O–H groups in total. The van der Waals surface area contributed by atoms with Crippen molar-refractivity contribution in [3.8, 4) is 0 Å². The summed E-state index contributed by atoms with van der Waals surface area (Å²) < 4.78 is 0. The second-order valence-corrected chi connectivity index (χ2v) is 4.51. The fourth-order valence-electron chi connectivity index (χ4n) is 2.58. The molecule has 0 atom stereocenters. The van der Waals surface area contributed by atoms with Crippen LogP contribution in [0.1, 0.15) is 44.9 Å². The average molecular weight is 197 g/mol. The van der Waals surface area contributed by atoms with Crippen LogP contribution in [-0.2, 0) is 4.79 Å². The van der Waals surface area contributed by atoms with E-state index in [1.54, 1.807) is 0 Å². The number of amides is 1. The fourth-order valence-corrected chi connectivity index (χ4v) is 2.58. The molecule has 0 radical (unpaired) electrons. The molecular formula is C11H19NO2.